The predicted molar refractivity (Wildman–Crippen MR) is 121 cm³/mol. The Balaban J connectivity index is 1.87. The molecule has 0 heterocycles. The van der Waals surface area contributed by atoms with Crippen molar-refractivity contribution >= 4 is 17.5 Å². The molecule has 1 amide bonds. The summed E-state index contributed by atoms with van der Waals surface area (Å²) in [6, 6.07) is 2.42. The maximum Gasteiger partial charge on any atom is 0.255 e. The van der Waals surface area contributed by atoms with Crippen LogP contribution in [0.1, 0.15) is 27.9 Å². The van der Waals surface area contributed by atoms with E-state index in [1.165, 1.54) is 13.2 Å². The van der Waals surface area contributed by atoms with E-state index in [0.717, 1.165) is 5.56 Å². The number of ketones is 2. The number of Topliss-reactive ketones (excluding diaryl/α,β-unsaturated/α-hetero) is 2. The number of rotatable bonds is 5. The van der Waals surface area contributed by atoms with E-state index in [2.05, 4.69) is 0 Å². The molecular formula is C24H29N3O7. The minimum absolute atomic E-state index is 0.0670. The number of nitrogens with two attached hydrogens (primary N) is 1. The van der Waals surface area contributed by atoms with E-state index in [1.54, 1.807) is 37.2 Å². The summed E-state index contributed by atoms with van der Waals surface area (Å²) in [4.78, 5) is 45.6. The van der Waals surface area contributed by atoms with Crippen molar-refractivity contribution in [3.05, 3.63) is 51.5 Å². The van der Waals surface area contributed by atoms with E-state index >= 15 is 0 Å². The largest absolute Gasteiger partial charge is 0.511 e. The average Bonchev–Trinajstić information content (AvgIpc) is 2.74. The second kappa shape index (κ2) is 8.53. The fourth-order valence-electron chi connectivity index (χ4n) is 5.79. The van der Waals surface area contributed by atoms with Crippen LogP contribution in [-0.4, -0.2) is 77.1 Å². The SMILES string of the molecule is CON(C)Cc1ccc(O)c2c1CC1CC3C(C(=O)C(C(N)=O)=C(O)C3N(C)C)C(O)=C1C2=O. The maximum atomic E-state index is 13.6. The van der Waals surface area contributed by atoms with Crippen molar-refractivity contribution in [2.24, 2.45) is 23.5 Å². The number of amides is 1. The monoisotopic (exact) mass is 471 g/mol. The number of phenolic OH excluding ortho intramolecular Hbond substituents is 1. The molecule has 10 nitrogen and oxygen atoms in total. The molecule has 3 aliphatic carbocycles. The Morgan fingerprint density at radius 2 is 1.82 bits per heavy atom. The predicted octanol–water partition coefficient (Wildman–Crippen LogP) is 0.999. The Bertz CT molecular complexity index is 1150. The third-order valence-electron chi connectivity index (χ3n) is 7.25. The summed E-state index contributed by atoms with van der Waals surface area (Å²) in [5, 5.41) is 34.1. The summed E-state index contributed by atoms with van der Waals surface area (Å²) in [7, 11) is 6.66. The molecule has 0 spiro atoms. The van der Waals surface area contributed by atoms with Crippen LogP contribution in [0.2, 0.25) is 0 Å². The molecule has 0 saturated heterocycles. The molecule has 182 valence electrons. The van der Waals surface area contributed by atoms with Gasteiger partial charge in [-0.2, -0.15) is 5.06 Å². The summed E-state index contributed by atoms with van der Waals surface area (Å²) in [5.74, 6) is -5.67. The van der Waals surface area contributed by atoms with Gasteiger partial charge in [0.1, 0.15) is 22.8 Å². The van der Waals surface area contributed by atoms with Crippen LogP contribution < -0.4 is 5.73 Å². The van der Waals surface area contributed by atoms with Gasteiger partial charge in [0.2, 0.25) is 0 Å². The van der Waals surface area contributed by atoms with Crippen molar-refractivity contribution in [3.63, 3.8) is 0 Å². The number of likely N-dealkylation sites (N-methyl/N-ethyl adjacent to an activating group) is 1. The minimum atomic E-state index is -1.19. The molecule has 0 aliphatic heterocycles. The molecule has 1 aromatic carbocycles. The van der Waals surface area contributed by atoms with Crippen LogP contribution in [0.25, 0.3) is 0 Å². The molecule has 1 aromatic rings. The van der Waals surface area contributed by atoms with Crippen LogP contribution in [0.5, 0.6) is 5.75 Å². The number of carbonyl (C=O) groups excluding carboxylic acids is 3. The third-order valence-corrected chi connectivity index (χ3v) is 7.25. The Labute approximate surface area is 196 Å². The van der Waals surface area contributed by atoms with Gasteiger partial charge in [-0.05, 0) is 56.0 Å². The first kappa shape index (κ1) is 23.9. The van der Waals surface area contributed by atoms with Gasteiger partial charge in [0.15, 0.2) is 11.6 Å². The number of hydrogen-bond acceptors (Lipinski definition) is 9. The molecule has 0 radical (unpaired) electrons. The van der Waals surface area contributed by atoms with Gasteiger partial charge in [-0.1, -0.05) is 6.07 Å². The Morgan fingerprint density at radius 1 is 1.15 bits per heavy atom. The van der Waals surface area contributed by atoms with Crippen molar-refractivity contribution in [2.45, 2.75) is 25.4 Å². The highest BCUT2D eigenvalue weighted by molar-refractivity contribution is 6.22. The van der Waals surface area contributed by atoms with Gasteiger partial charge < -0.3 is 25.9 Å². The second-order valence-corrected chi connectivity index (χ2v) is 9.37. The first-order valence-corrected chi connectivity index (χ1v) is 11.0. The van der Waals surface area contributed by atoms with Gasteiger partial charge in [0.25, 0.3) is 5.91 Å². The first-order chi connectivity index (χ1) is 16.0. The second-order valence-electron chi connectivity index (χ2n) is 9.37. The lowest BCUT2D eigenvalue weighted by atomic mass is 9.60. The number of benzene rings is 1. The molecule has 34 heavy (non-hydrogen) atoms. The standard InChI is InChI=1S/C24H29N3O7/c1-26(2)19-13-8-11-7-12-10(9-27(3)34-4)5-6-14(28)16(12)20(29)15(11)21(30)17(13)22(31)18(23(19)32)24(25)33/h5-6,11,13,17,19,28,30,32H,7-9H2,1-4H3,(H2,25,33). The maximum absolute atomic E-state index is 13.6. The van der Waals surface area contributed by atoms with Crippen LogP contribution in [0, 0.1) is 17.8 Å². The van der Waals surface area contributed by atoms with Crippen LogP contribution in [-0.2, 0) is 27.4 Å². The van der Waals surface area contributed by atoms with Crippen LogP contribution in [0.4, 0.5) is 0 Å². The first-order valence-electron chi connectivity index (χ1n) is 11.0. The number of hydrogen-bond donors (Lipinski definition) is 4. The number of hydroxylamine groups is 2. The van der Waals surface area contributed by atoms with E-state index in [-0.39, 0.29) is 16.9 Å². The molecule has 4 atom stereocenters. The zero-order valence-corrected chi connectivity index (χ0v) is 19.5. The van der Waals surface area contributed by atoms with Gasteiger partial charge in [0, 0.05) is 19.2 Å². The van der Waals surface area contributed by atoms with Crippen molar-refractivity contribution in [2.75, 3.05) is 28.3 Å². The number of phenols is 1. The molecule has 0 bridgehead atoms. The van der Waals surface area contributed by atoms with Crippen molar-refractivity contribution in [3.8, 4) is 5.75 Å². The van der Waals surface area contributed by atoms with E-state index in [1.807, 2.05) is 0 Å². The summed E-state index contributed by atoms with van der Waals surface area (Å²) in [6.07, 6.45) is 0.668. The number of carbonyl (C=O) groups is 3. The zero-order valence-electron chi connectivity index (χ0n) is 19.5. The number of aliphatic hydroxyl groups excluding tert-OH is 2. The van der Waals surface area contributed by atoms with E-state index in [0.29, 0.717) is 24.9 Å². The molecule has 5 N–H and O–H groups in total. The van der Waals surface area contributed by atoms with Crippen molar-refractivity contribution in [1.29, 1.82) is 0 Å². The number of primary amides is 1. The van der Waals surface area contributed by atoms with Crippen LogP contribution >= 0.6 is 0 Å². The lowest BCUT2D eigenvalue weighted by Gasteiger charge is -2.46. The van der Waals surface area contributed by atoms with Gasteiger partial charge in [-0.15, -0.1) is 0 Å². The van der Waals surface area contributed by atoms with E-state index in [9.17, 15) is 29.7 Å². The van der Waals surface area contributed by atoms with Crippen molar-refractivity contribution < 1.29 is 34.5 Å². The zero-order chi connectivity index (χ0) is 25.1. The molecular weight excluding hydrogens is 442 g/mol. The average molecular weight is 472 g/mol. The lowest BCUT2D eigenvalue weighted by Crippen LogP contribution is -2.53. The number of fused-ring (bicyclic) bond motifs is 3. The van der Waals surface area contributed by atoms with E-state index in [4.69, 9.17) is 10.6 Å². The molecule has 3 aliphatic rings. The third kappa shape index (κ3) is 3.49. The summed E-state index contributed by atoms with van der Waals surface area (Å²) in [6.45, 7) is 0.375. The molecule has 10 heteroatoms. The number of allylic oxidation sites excluding steroid dienone is 2. The summed E-state index contributed by atoms with van der Waals surface area (Å²) in [5.41, 5.74) is 6.45. The Kier molecular flexibility index (Phi) is 6.01. The summed E-state index contributed by atoms with van der Waals surface area (Å²) >= 11 is 0. The lowest BCUT2D eigenvalue weighted by molar-refractivity contribution is -0.127. The molecule has 0 fully saturated rings. The number of aromatic hydroxyl groups is 1. The molecule has 4 unspecified atom stereocenters. The van der Waals surface area contributed by atoms with Crippen molar-refractivity contribution in [1.82, 2.24) is 9.96 Å². The molecule has 0 aromatic heterocycles. The van der Waals surface area contributed by atoms with Gasteiger partial charge in [-0.3, -0.25) is 19.3 Å². The topological polar surface area (TPSA) is 154 Å². The number of nitrogens with zero attached hydrogens (tertiary/aromatic N) is 2. The smallest absolute Gasteiger partial charge is 0.255 e. The van der Waals surface area contributed by atoms with E-state index < -0.39 is 58.4 Å². The molecule has 0 saturated carbocycles. The minimum Gasteiger partial charge on any atom is -0.511 e. The highest BCUT2D eigenvalue weighted by Gasteiger charge is 2.54. The quantitative estimate of drug-likeness (QED) is 0.364. The highest BCUT2D eigenvalue weighted by atomic mass is 16.7. The highest BCUT2D eigenvalue weighted by Crippen LogP contribution is 2.50. The fraction of sp³-hybridized carbons (Fsp3) is 0.458. The van der Waals surface area contributed by atoms with Gasteiger partial charge in [-0.25, -0.2) is 0 Å². The summed E-state index contributed by atoms with van der Waals surface area (Å²) < 4.78 is 0. The fourth-order valence-corrected chi connectivity index (χ4v) is 5.79. The van der Waals surface area contributed by atoms with Crippen LogP contribution in [0.3, 0.4) is 0 Å². The van der Waals surface area contributed by atoms with Gasteiger partial charge >= 0.3 is 0 Å². The Hall–Kier alpha value is -3.21. The normalized spacial score (nSPS) is 26.6. The molecule has 4 rings (SSSR count). The number of aliphatic hydroxyl groups is 2. The van der Waals surface area contributed by atoms with Crippen LogP contribution in [0.15, 0.2) is 34.8 Å². The van der Waals surface area contributed by atoms with Gasteiger partial charge in [0.05, 0.1) is 24.6 Å². The Morgan fingerprint density at radius 3 is 2.41 bits per heavy atom.